The summed E-state index contributed by atoms with van der Waals surface area (Å²) in [6, 6.07) is 0. The van der Waals surface area contributed by atoms with Gasteiger partial charge in [0.1, 0.15) is 0 Å². The van der Waals surface area contributed by atoms with Crippen molar-refractivity contribution in [2.24, 2.45) is 0 Å². The van der Waals surface area contributed by atoms with Crippen LogP contribution in [0.5, 0.6) is 0 Å². The Labute approximate surface area is 108 Å². The van der Waals surface area contributed by atoms with Crippen molar-refractivity contribution < 1.29 is 8.42 Å². The van der Waals surface area contributed by atoms with Gasteiger partial charge in [0.25, 0.3) is 0 Å². The Bertz CT molecular complexity index is 417. The molecule has 0 saturated carbocycles. The van der Waals surface area contributed by atoms with Crippen molar-refractivity contribution >= 4 is 10.0 Å². The van der Waals surface area contributed by atoms with Gasteiger partial charge in [-0.3, -0.25) is 4.68 Å². The van der Waals surface area contributed by atoms with E-state index in [1.54, 1.807) is 24.0 Å². The zero-order chi connectivity index (χ0) is 13.4. The molecule has 7 nitrogen and oxygen atoms in total. The van der Waals surface area contributed by atoms with Gasteiger partial charge in [-0.1, -0.05) is 12.1 Å². The fourth-order valence-corrected chi connectivity index (χ4v) is 2.46. The summed E-state index contributed by atoms with van der Waals surface area (Å²) in [6.45, 7) is 5.96. The van der Waals surface area contributed by atoms with Gasteiger partial charge in [-0.2, -0.15) is 0 Å². The standard InChI is InChI=1S/C10H21N5O2S/c1-3-11-9-10(2)18(16,17)13-5-4-7-15-8-6-12-14-15/h6,8,10-11,13H,3-5,7,9H2,1-2H3. The summed E-state index contributed by atoms with van der Waals surface area (Å²) in [5, 5.41) is 10.1. The van der Waals surface area contributed by atoms with Crippen LogP contribution in [-0.4, -0.2) is 48.3 Å². The molecule has 1 aromatic rings. The molecule has 1 heterocycles. The zero-order valence-corrected chi connectivity index (χ0v) is 11.7. The Morgan fingerprint density at radius 1 is 1.44 bits per heavy atom. The molecule has 0 aliphatic rings. The van der Waals surface area contributed by atoms with Gasteiger partial charge in [0.2, 0.25) is 10.0 Å². The van der Waals surface area contributed by atoms with E-state index in [0.29, 0.717) is 26.1 Å². The minimum atomic E-state index is -3.23. The first-order valence-electron chi connectivity index (χ1n) is 6.09. The fourth-order valence-electron chi connectivity index (χ4n) is 1.41. The highest BCUT2D eigenvalue weighted by molar-refractivity contribution is 7.90. The van der Waals surface area contributed by atoms with Crippen LogP contribution in [-0.2, 0) is 16.6 Å². The SMILES string of the molecule is CCNCC(C)S(=O)(=O)NCCCn1ccnn1. The summed E-state index contributed by atoms with van der Waals surface area (Å²) in [7, 11) is -3.23. The van der Waals surface area contributed by atoms with Crippen molar-refractivity contribution in [3.8, 4) is 0 Å². The van der Waals surface area contributed by atoms with Crippen molar-refractivity contribution in [2.75, 3.05) is 19.6 Å². The summed E-state index contributed by atoms with van der Waals surface area (Å²) in [6.07, 6.45) is 4.04. The molecule has 0 aromatic carbocycles. The predicted molar refractivity (Wildman–Crippen MR) is 69.6 cm³/mol. The Kier molecular flexibility index (Phi) is 6.23. The number of hydrogen-bond acceptors (Lipinski definition) is 5. The lowest BCUT2D eigenvalue weighted by Crippen LogP contribution is -2.39. The molecule has 0 aliphatic heterocycles. The lowest BCUT2D eigenvalue weighted by Gasteiger charge is -2.14. The van der Waals surface area contributed by atoms with Gasteiger partial charge in [0, 0.05) is 25.8 Å². The van der Waals surface area contributed by atoms with E-state index in [-0.39, 0.29) is 0 Å². The lowest BCUT2D eigenvalue weighted by atomic mass is 10.4. The number of nitrogens with zero attached hydrogens (tertiary/aromatic N) is 3. The average molecular weight is 275 g/mol. The van der Waals surface area contributed by atoms with E-state index in [2.05, 4.69) is 20.4 Å². The molecule has 8 heteroatoms. The molecule has 0 saturated heterocycles. The van der Waals surface area contributed by atoms with E-state index in [9.17, 15) is 8.42 Å². The third-order valence-corrected chi connectivity index (χ3v) is 4.38. The largest absolute Gasteiger partial charge is 0.316 e. The fraction of sp³-hybridized carbons (Fsp3) is 0.800. The van der Waals surface area contributed by atoms with Crippen LogP contribution in [0.1, 0.15) is 20.3 Å². The van der Waals surface area contributed by atoms with Gasteiger partial charge in [0.15, 0.2) is 0 Å². The highest BCUT2D eigenvalue weighted by Gasteiger charge is 2.18. The average Bonchev–Trinajstić information content (AvgIpc) is 2.84. The Balaban J connectivity index is 2.24. The summed E-state index contributed by atoms with van der Waals surface area (Å²) in [5.74, 6) is 0. The van der Waals surface area contributed by atoms with E-state index in [4.69, 9.17) is 0 Å². The van der Waals surface area contributed by atoms with E-state index in [1.807, 2.05) is 6.92 Å². The zero-order valence-electron chi connectivity index (χ0n) is 10.8. The third-order valence-electron chi connectivity index (χ3n) is 2.55. The van der Waals surface area contributed by atoms with Crippen molar-refractivity contribution in [3.05, 3.63) is 12.4 Å². The Morgan fingerprint density at radius 2 is 2.22 bits per heavy atom. The maximum Gasteiger partial charge on any atom is 0.215 e. The van der Waals surface area contributed by atoms with Gasteiger partial charge in [-0.15, -0.1) is 5.10 Å². The number of aryl methyl sites for hydroxylation is 1. The maximum atomic E-state index is 11.8. The monoisotopic (exact) mass is 275 g/mol. The van der Waals surface area contributed by atoms with E-state index >= 15 is 0 Å². The molecular formula is C10H21N5O2S. The van der Waals surface area contributed by atoms with Crippen LogP contribution in [0.25, 0.3) is 0 Å². The Morgan fingerprint density at radius 3 is 2.83 bits per heavy atom. The van der Waals surface area contributed by atoms with Crippen LogP contribution in [0.3, 0.4) is 0 Å². The van der Waals surface area contributed by atoms with Crippen LogP contribution in [0.15, 0.2) is 12.4 Å². The first-order valence-corrected chi connectivity index (χ1v) is 7.64. The van der Waals surface area contributed by atoms with E-state index in [1.165, 1.54) is 0 Å². The topological polar surface area (TPSA) is 88.9 Å². The molecule has 1 atom stereocenters. The number of nitrogens with one attached hydrogen (secondary N) is 2. The molecule has 18 heavy (non-hydrogen) atoms. The van der Waals surface area contributed by atoms with Crippen molar-refractivity contribution in [1.29, 1.82) is 0 Å². The summed E-state index contributed by atoms with van der Waals surface area (Å²) in [5.41, 5.74) is 0. The van der Waals surface area contributed by atoms with E-state index < -0.39 is 15.3 Å². The maximum absolute atomic E-state index is 11.8. The van der Waals surface area contributed by atoms with Crippen LogP contribution >= 0.6 is 0 Å². The second kappa shape index (κ2) is 7.45. The number of sulfonamides is 1. The number of hydrogen-bond donors (Lipinski definition) is 2. The number of aromatic nitrogens is 3. The first kappa shape index (κ1) is 15.1. The van der Waals surface area contributed by atoms with Gasteiger partial charge in [0.05, 0.1) is 11.4 Å². The number of rotatable bonds is 9. The summed E-state index contributed by atoms with van der Waals surface area (Å²) < 4.78 is 27.9. The molecule has 2 N–H and O–H groups in total. The second-order valence-corrected chi connectivity index (χ2v) is 6.26. The summed E-state index contributed by atoms with van der Waals surface area (Å²) in [4.78, 5) is 0. The van der Waals surface area contributed by atoms with Crippen LogP contribution in [0.2, 0.25) is 0 Å². The normalized spacial score (nSPS) is 13.7. The molecule has 0 spiro atoms. The van der Waals surface area contributed by atoms with Crippen LogP contribution in [0.4, 0.5) is 0 Å². The second-order valence-electron chi connectivity index (χ2n) is 4.08. The smallest absolute Gasteiger partial charge is 0.215 e. The Hall–Kier alpha value is -0.990. The van der Waals surface area contributed by atoms with Crippen molar-refractivity contribution in [3.63, 3.8) is 0 Å². The molecule has 104 valence electrons. The lowest BCUT2D eigenvalue weighted by molar-refractivity contribution is 0.534. The van der Waals surface area contributed by atoms with Crippen molar-refractivity contribution in [1.82, 2.24) is 25.0 Å². The van der Waals surface area contributed by atoms with Crippen molar-refractivity contribution in [2.45, 2.75) is 32.1 Å². The third kappa shape index (κ3) is 5.11. The van der Waals surface area contributed by atoms with Crippen LogP contribution < -0.4 is 10.0 Å². The molecule has 0 amide bonds. The minimum Gasteiger partial charge on any atom is -0.316 e. The predicted octanol–water partition coefficient (Wildman–Crippen LogP) is -0.414. The highest BCUT2D eigenvalue weighted by Crippen LogP contribution is 1.97. The van der Waals surface area contributed by atoms with Gasteiger partial charge in [-0.05, 0) is 19.9 Å². The van der Waals surface area contributed by atoms with Gasteiger partial charge in [-0.25, -0.2) is 13.1 Å². The molecule has 0 fully saturated rings. The molecule has 0 bridgehead atoms. The minimum absolute atomic E-state index is 0.415. The molecule has 0 radical (unpaired) electrons. The summed E-state index contributed by atoms with van der Waals surface area (Å²) >= 11 is 0. The molecule has 1 unspecified atom stereocenters. The molecule has 0 aliphatic carbocycles. The molecular weight excluding hydrogens is 254 g/mol. The van der Waals surface area contributed by atoms with Gasteiger partial charge >= 0.3 is 0 Å². The molecule has 1 aromatic heterocycles. The first-order chi connectivity index (χ1) is 8.56. The highest BCUT2D eigenvalue weighted by atomic mass is 32.2. The molecule has 1 rings (SSSR count). The van der Waals surface area contributed by atoms with Crippen LogP contribution in [0, 0.1) is 0 Å². The van der Waals surface area contributed by atoms with E-state index in [0.717, 1.165) is 6.54 Å². The quantitative estimate of drug-likeness (QED) is 0.598. The van der Waals surface area contributed by atoms with Gasteiger partial charge < -0.3 is 5.32 Å².